The summed E-state index contributed by atoms with van der Waals surface area (Å²) in [5.41, 5.74) is 2.38. The lowest BCUT2D eigenvalue weighted by Crippen LogP contribution is -2.33. The molecule has 0 unspecified atom stereocenters. The topological polar surface area (TPSA) is 88.9 Å². The molecule has 0 spiro atoms. The Morgan fingerprint density at radius 3 is 2.40 bits per heavy atom. The summed E-state index contributed by atoms with van der Waals surface area (Å²) in [6.45, 7) is 8.19. The van der Waals surface area contributed by atoms with Crippen molar-refractivity contribution in [3.63, 3.8) is 0 Å². The van der Waals surface area contributed by atoms with Crippen molar-refractivity contribution in [3.05, 3.63) is 68.9 Å². The van der Waals surface area contributed by atoms with Crippen molar-refractivity contribution in [1.82, 2.24) is 20.1 Å². The van der Waals surface area contributed by atoms with Crippen LogP contribution in [0.3, 0.4) is 0 Å². The average Bonchev–Trinajstić information content (AvgIpc) is 3.17. The third-order valence-electron chi connectivity index (χ3n) is 5.45. The highest BCUT2D eigenvalue weighted by molar-refractivity contribution is 9.10. The van der Waals surface area contributed by atoms with Crippen LogP contribution in [-0.2, 0) is 11.8 Å². The largest absolute Gasteiger partial charge is 0.342 e. The highest BCUT2D eigenvalue weighted by atomic mass is 79.9. The molecule has 0 radical (unpaired) electrons. The van der Waals surface area contributed by atoms with Crippen LogP contribution in [0.4, 0.5) is 5.69 Å². The number of amides is 2. The van der Waals surface area contributed by atoms with E-state index in [1.54, 1.807) is 24.3 Å². The molecule has 7 nitrogen and oxygen atoms in total. The Kier molecular flexibility index (Phi) is 9.38. The van der Waals surface area contributed by atoms with Gasteiger partial charge in [0.25, 0.3) is 5.91 Å². The minimum atomic E-state index is -0.352. The minimum Gasteiger partial charge on any atom is -0.342 e. The van der Waals surface area contributed by atoms with Crippen molar-refractivity contribution in [3.8, 4) is 0 Å². The molecule has 3 aromatic rings. The van der Waals surface area contributed by atoms with E-state index < -0.39 is 0 Å². The molecule has 3 rings (SSSR count). The summed E-state index contributed by atoms with van der Waals surface area (Å²) >= 11 is 10.7. The molecule has 1 heterocycles. The number of rotatable bonds is 9. The van der Waals surface area contributed by atoms with E-state index in [9.17, 15) is 9.59 Å². The zero-order valence-corrected chi connectivity index (χ0v) is 23.5. The molecule has 0 aliphatic rings. The molecule has 35 heavy (non-hydrogen) atoms. The van der Waals surface area contributed by atoms with Gasteiger partial charge in [-0.25, -0.2) is 0 Å². The van der Waals surface area contributed by atoms with Crippen molar-refractivity contribution in [2.24, 2.45) is 13.0 Å². The predicted octanol–water partition coefficient (Wildman–Crippen LogP) is 6.21. The molecule has 1 aromatic heterocycles. The Bertz CT molecular complexity index is 1200. The molecule has 0 fully saturated rings. The second kappa shape index (κ2) is 12.1. The van der Waals surface area contributed by atoms with Gasteiger partial charge in [-0.2, -0.15) is 0 Å². The lowest BCUT2D eigenvalue weighted by atomic mass is 10.0. The van der Waals surface area contributed by atoms with Gasteiger partial charge in [-0.05, 0) is 59.9 Å². The van der Waals surface area contributed by atoms with E-state index in [0.717, 1.165) is 15.7 Å². The van der Waals surface area contributed by atoms with Crippen molar-refractivity contribution in [2.75, 3.05) is 11.1 Å². The molecular formula is C25H29BrClN5O2S. The number of carbonyl (C=O) groups excluding carboxylic acids is 2. The van der Waals surface area contributed by atoms with Gasteiger partial charge in [-0.1, -0.05) is 67.0 Å². The Labute approximate surface area is 223 Å². The van der Waals surface area contributed by atoms with E-state index in [0.29, 0.717) is 21.6 Å². The van der Waals surface area contributed by atoms with E-state index in [-0.39, 0.29) is 35.4 Å². The van der Waals surface area contributed by atoms with Gasteiger partial charge >= 0.3 is 0 Å². The van der Waals surface area contributed by atoms with Gasteiger partial charge in [0.2, 0.25) is 5.91 Å². The van der Waals surface area contributed by atoms with Gasteiger partial charge in [0.15, 0.2) is 11.0 Å². The number of aromatic nitrogens is 3. The molecule has 0 aliphatic carbocycles. The highest BCUT2D eigenvalue weighted by Gasteiger charge is 2.25. The SMILES string of the molecule is CC(C)c1cc(Br)ccc1NC(=O)CSc1nnc([C@H](NC(=O)c2ccc(Cl)cc2)C(C)C)n1C. The summed E-state index contributed by atoms with van der Waals surface area (Å²) in [4.78, 5) is 25.4. The summed E-state index contributed by atoms with van der Waals surface area (Å²) in [5.74, 6) is 0.811. The molecule has 0 aliphatic heterocycles. The number of carbonyl (C=O) groups is 2. The van der Waals surface area contributed by atoms with E-state index in [1.807, 2.05) is 43.7 Å². The monoisotopic (exact) mass is 577 g/mol. The third-order valence-corrected chi connectivity index (χ3v) is 7.21. The first-order valence-electron chi connectivity index (χ1n) is 11.2. The number of halogens is 2. The molecule has 2 aromatic carbocycles. The van der Waals surface area contributed by atoms with Crippen LogP contribution in [0.5, 0.6) is 0 Å². The normalized spacial score (nSPS) is 12.1. The van der Waals surface area contributed by atoms with Crippen LogP contribution in [0.2, 0.25) is 5.02 Å². The Morgan fingerprint density at radius 2 is 1.77 bits per heavy atom. The Morgan fingerprint density at radius 1 is 1.09 bits per heavy atom. The average molecular weight is 579 g/mol. The number of nitrogens with one attached hydrogen (secondary N) is 2. The second-order valence-corrected chi connectivity index (χ2v) is 11.1. The number of nitrogens with zero attached hydrogens (tertiary/aromatic N) is 3. The maximum Gasteiger partial charge on any atom is 0.251 e. The molecule has 2 N–H and O–H groups in total. The molecule has 0 saturated carbocycles. The standard InChI is InChI=1S/C25H29BrClN5O2S/c1-14(2)19-12-17(26)8-11-20(19)28-21(33)13-35-25-31-30-23(32(25)5)22(15(3)4)29-24(34)16-6-9-18(27)10-7-16/h6-12,14-15,22H,13H2,1-5H3,(H,28,33)(H,29,34)/t22-/m1/s1. The predicted molar refractivity (Wildman–Crippen MR) is 145 cm³/mol. The number of thioether (sulfide) groups is 1. The number of benzene rings is 2. The molecule has 186 valence electrons. The van der Waals surface area contributed by atoms with Gasteiger partial charge in [-0.3, -0.25) is 9.59 Å². The molecule has 0 bridgehead atoms. The van der Waals surface area contributed by atoms with Gasteiger partial charge < -0.3 is 15.2 Å². The quantitative estimate of drug-likeness (QED) is 0.295. The zero-order chi connectivity index (χ0) is 25.7. The van der Waals surface area contributed by atoms with Crippen molar-refractivity contribution in [1.29, 1.82) is 0 Å². The maximum absolute atomic E-state index is 12.8. The Balaban J connectivity index is 1.68. The molecule has 1 atom stereocenters. The van der Waals surface area contributed by atoms with Crippen LogP contribution in [0, 0.1) is 5.92 Å². The first-order valence-corrected chi connectivity index (χ1v) is 13.4. The van der Waals surface area contributed by atoms with E-state index >= 15 is 0 Å². The van der Waals surface area contributed by atoms with Crippen LogP contribution in [0.1, 0.15) is 61.4 Å². The van der Waals surface area contributed by atoms with Crippen LogP contribution < -0.4 is 10.6 Å². The van der Waals surface area contributed by atoms with Gasteiger partial charge in [0.1, 0.15) is 0 Å². The molecule has 2 amide bonds. The van der Waals surface area contributed by atoms with Crippen molar-refractivity contribution in [2.45, 2.75) is 44.8 Å². The fraction of sp³-hybridized carbons (Fsp3) is 0.360. The lowest BCUT2D eigenvalue weighted by Gasteiger charge is -2.21. The van der Waals surface area contributed by atoms with Crippen molar-refractivity contribution < 1.29 is 9.59 Å². The second-order valence-electron chi connectivity index (χ2n) is 8.82. The first-order chi connectivity index (χ1) is 16.6. The van der Waals surface area contributed by atoms with Gasteiger partial charge in [0.05, 0.1) is 11.8 Å². The molecular weight excluding hydrogens is 550 g/mol. The van der Waals surface area contributed by atoms with Crippen LogP contribution >= 0.6 is 39.3 Å². The fourth-order valence-corrected chi connectivity index (χ4v) is 4.74. The smallest absolute Gasteiger partial charge is 0.251 e. The van der Waals surface area contributed by atoms with E-state index in [2.05, 4.69) is 50.6 Å². The maximum atomic E-state index is 12.8. The first kappa shape index (κ1) is 27.2. The summed E-state index contributed by atoms with van der Waals surface area (Å²) < 4.78 is 2.80. The van der Waals surface area contributed by atoms with Crippen LogP contribution in [0.15, 0.2) is 52.1 Å². The fourth-order valence-electron chi connectivity index (χ4n) is 3.52. The summed E-state index contributed by atoms with van der Waals surface area (Å²) in [6.07, 6.45) is 0. The number of hydrogen-bond acceptors (Lipinski definition) is 5. The van der Waals surface area contributed by atoms with Gasteiger partial charge in [0, 0.05) is 27.8 Å². The summed E-state index contributed by atoms with van der Waals surface area (Å²) in [7, 11) is 1.84. The van der Waals surface area contributed by atoms with Crippen LogP contribution in [-0.4, -0.2) is 32.3 Å². The van der Waals surface area contributed by atoms with E-state index in [1.165, 1.54) is 11.8 Å². The number of hydrogen-bond donors (Lipinski definition) is 2. The molecule has 10 heteroatoms. The number of anilines is 1. The third kappa shape index (κ3) is 7.08. The van der Waals surface area contributed by atoms with Crippen molar-refractivity contribution >= 4 is 56.8 Å². The van der Waals surface area contributed by atoms with E-state index in [4.69, 9.17) is 11.6 Å². The highest BCUT2D eigenvalue weighted by Crippen LogP contribution is 2.29. The molecule has 0 saturated heterocycles. The summed E-state index contributed by atoms with van der Waals surface area (Å²) in [6, 6.07) is 12.2. The minimum absolute atomic E-state index is 0.0714. The van der Waals surface area contributed by atoms with Gasteiger partial charge in [-0.15, -0.1) is 10.2 Å². The Hall–Kier alpha value is -2.36. The summed E-state index contributed by atoms with van der Waals surface area (Å²) in [5, 5.41) is 15.8. The lowest BCUT2D eigenvalue weighted by molar-refractivity contribution is -0.113. The van der Waals surface area contributed by atoms with Crippen LogP contribution in [0.25, 0.3) is 0 Å². The zero-order valence-electron chi connectivity index (χ0n) is 20.3.